The number of amides is 1. The lowest BCUT2D eigenvalue weighted by Gasteiger charge is -2.30. The molecule has 1 atom stereocenters. The molecule has 1 unspecified atom stereocenters. The molecule has 0 saturated carbocycles. The van der Waals surface area contributed by atoms with E-state index in [1.807, 2.05) is 30.3 Å². The molecule has 172 valence electrons. The van der Waals surface area contributed by atoms with Crippen molar-refractivity contribution in [2.24, 2.45) is 0 Å². The molecule has 3 aromatic carbocycles. The minimum absolute atomic E-state index is 0.0126. The van der Waals surface area contributed by atoms with Crippen molar-refractivity contribution in [3.63, 3.8) is 0 Å². The Morgan fingerprint density at radius 3 is 2.45 bits per heavy atom. The average Bonchev–Trinajstić information content (AvgIpc) is 3.33. The molecule has 0 aromatic heterocycles. The molecule has 0 bridgehead atoms. The number of carbonyl (C=O) groups excluding carboxylic acids is 1. The van der Waals surface area contributed by atoms with Crippen LogP contribution < -0.4 is 9.04 Å². The second-order valence-corrected chi connectivity index (χ2v) is 9.69. The molecule has 1 aliphatic rings. The van der Waals surface area contributed by atoms with Gasteiger partial charge >= 0.3 is 0 Å². The van der Waals surface area contributed by atoms with Gasteiger partial charge in [-0.3, -0.25) is 9.10 Å². The van der Waals surface area contributed by atoms with Gasteiger partial charge in [-0.25, -0.2) is 12.8 Å². The van der Waals surface area contributed by atoms with Gasteiger partial charge in [0.25, 0.3) is 10.0 Å². The smallest absolute Gasteiger partial charge is 0.264 e. The van der Waals surface area contributed by atoms with Crippen LogP contribution in [0.25, 0.3) is 0 Å². The predicted octanol–water partition coefficient (Wildman–Crippen LogP) is 4.39. The average molecular weight is 469 g/mol. The molecule has 0 N–H and O–H groups in total. The van der Waals surface area contributed by atoms with Crippen molar-refractivity contribution in [2.75, 3.05) is 24.5 Å². The fourth-order valence-corrected chi connectivity index (χ4v) is 5.53. The second kappa shape index (κ2) is 9.62. The molecule has 33 heavy (non-hydrogen) atoms. The SMILES string of the molecule is COc1ccc(S(=O)(=O)N(CC(=O)N2CCCC2c2ccccc2)c2cccc(F)c2)cc1. The number of likely N-dealkylation sites (tertiary alicyclic amines) is 1. The zero-order valence-corrected chi connectivity index (χ0v) is 19.0. The number of methoxy groups -OCH3 is 1. The lowest BCUT2D eigenvalue weighted by molar-refractivity contribution is -0.130. The fourth-order valence-electron chi connectivity index (χ4n) is 4.12. The summed E-state index contributed by atoms with van der Waals surface area (Å²) in [4.78, 5) is 15.1. The predicted molar refractivity (Wildman–Crippen MR) is 124 cm³/mol. The Balaban J connectivity index is 1.67. The highest BCUT2D eigenvalue weighted by molar-refractivity contribution is 7.92. The number of halogens is 1. The van der Waals surface area contributed by atoms with Gasteiger partial charge in [-0.2, -0.15) is 0 Å². The number of sulfonamides is 1. The molecular weight excluding hydrogens is 443 g/mol. The molecule has 0 aliphatic carbocycles. The number of carbonyl (C=O) groups is 1. The first-order chi connectivity index (χ1) is 15.9. The van der Waals surface area contributed by atoms with E-state index in [1.165, 1.54) is 49.6 Å². The molecule has 6 nitrogen and oxygen atoms in total. The van der Waals surface area contributed by atoms with Gasteiger partial charge in [-0.05, 0) is 60.9 Å². The Labute approximate surface area is 193 Å². The molecule has 4 rings (SSSR count). The molecule has 0 spiro atoms. The van der Waals surface area contributed by atoms with Gasteiger partial charge < -0.3 is 9.64 Å². The summed E-state index contributed by atoms with van der Waals surface area (Å²) in [5.74, 6) is -0.411. The second-order valence-electron chi connectivity index (χ2n) is 7.82. The first kappa shape index (κ1) is 22.8. The maximum Gasteiger partial charge on any atom is 0.264 e. The van der Waals surface area contributed by atoms with Gasteiger partial charge in [0.1, 0.15) is 18.1 Å². The fraction of sp³-hybridized carbons (Fsp3) is 0.240. The van der Waals surface area contributed by atoms with E-state index in [4.69, 9.17) is 4.74 Å². The van der Waals surface area contributed by atoms with Gasteiger partial charge in [0.15, 0.2) is 0 Å². The van der Waals surface area contributed by atoms with Crippen LogP contribution in [0, 0.1) is 5.82 Å². The summed E-state index contributed by atoms with van der Waals surface area (Å²) in [6.07, 6.45) is 1.64. The summed E-state index contributed by atoms with van der Waals surface area (Å²) in [7, 11) is -2.65. The number of hydrogen-bond donors (Lipinski definition) is 0. The molecule has 1 heterocycles. The van der Waals surface area contributed by atoms with E-state index in [-0.39, 0.29) is 22.5 Å². The van der Waals surface area contributed by atoms with Gasteiger partial charge in [0, 0.05) is 6.54 Å². The van der Waals surface area contributed by atoms with E-state index in [9.17, 15) is 17.6 Å². The normalized spacial score (nSPS) is 15.9. The van der Waals surface area contributed by atoms with Crippen LogP contribution in [0.4, 0.5) is 10.1 Å². The number of ether oxygens (including phenoxy) is 1. The van der Waals surface area contributed by atoms with E-state index in [1.54, 1.807) is 4.90 Å². The Kier molecular flexibility index (Phi) is 6.65. The largest absolute Gasteiger partial charge is 0.497 e. The van der Waals surface area contributed by atoms with Crippen molar-refractivity contribution in [1.29, 1.82) is 0 Å². The number of anilines is 1. The van der Waals surface area contributed by atoms with E-state index < -0.39 is 22.4 Å². The lowest BCUT2D eigenvalue weighted by Crippen LogP contribution is -2.42. The summed E-state index contributed by atoms with van der Waals surface area (Å²) in [6.45, 7) is 0.110. The van der Waals surface area contributed by atoms with Gasteiger partial charge in [-0.1, -0.05) is 36.4 Å². The third kappa shape index (κ3) is 4.85. The molecule has 1 saturated heterocycles. The van der Waals surface area contributed by atoms with Crippen molar-refractivity contribution < 1.29 is 22.3 Å². The molecule has 1 amide bonds. The molecule has 8 heteroatoms. The van der Waals surface area contributed by atoms with Crippen LogP contribution in [0.1, 0.15) is 24.4 Å². The Morgan fingerprint density at radius 1 is 1.06 bits per heavy atom. The number of nitrogens with zero attached hydrogens (tertiary/aromatic N) is 2. The molecule has 0 radical (unpaired) electrons. The minimum Gasteiger partial charge on any atom is -0.497 e. The quantitative estimate of drug-likeness (QED) is 0.516. The highest BCUT2D eigenvalue weighted by atomic mass is 32.2. The maximum atomic E-state index is 14.0. The Bertz CT molecular complexity index is 1220. The zero-order chi connectivity index (χ0) is 23.4. The molecule has 1 aliphatic heterocycles. The third-order valence-electron chi connectivity index (χ3n) is 5.78. The highest BCUT2D eigenvalue weighted by Crippen LogP contribution is 2.33. The summed E-state index contributed by atoms with van der Waals surface area (Å²) in [6, 6.07) is 20.7. The van der Waals surface area contributed by atoms with Crippen LogP contribution in [-0.2, 0) is 14.8 Å². The first-order valence-electron chi connectivity index (χ1n) is 10.7. The molecular formula is C25H25FN2O4S. The summed E-state index contributed by atoms with van der Waals surface area (Å²) in [5, 5.41) is 0. The van der Waals surface area contributed by atoms with E-state index >= 15 is 0 Å². The van der Waals surface area contributed by atoms with Crippen LogP contribution in [0.5, 0.6) is 5.75 Å². The Hall–Kier alpha value is -3.39. The van der Waals surface area contributed by atoms with E-state index in [0.717, 1.165) is 28.8 Å². The van der Waals surface area contributed by atoms with Crippen LogP contribution in [0.15, 0.2) is 83.8 Å². The van der Waals surface area contributed by atoms with Gasteiger partial charge in [0.2, 0.25) is 5.91 Å². The van der Waals surface area contributed by atoms with Crippen molar-refractivity contribution in [2.45, 2.75) is 23.8 Å². The minimum atomic E-state index is -4.14. The maximum absolute atomic E-state index is 14.0. The number of hydrogen-bond acceptors (Lipinski definition) is 4. The van der Waals surface area contributed by atoms with Crippen LogP contribution in [0.3, 0.4) is 0 Å². The van der Waals surface area contributed by atoms with Gasteiger partial charge in [-0.15, -0.1) is 0 Å². The number of rotatable bonds is 7. The van der Waals surface area contributed by atoms with Crippen LogP contribution in [0.2, 0.25) is 0 Å². The van der Waals surface area contributed by atoms with Gasteiger partial charge in [0.05, 0.1) is 23.7 Å². The summed E-state index contributed by atoms with van der Waals surface area (Å²) < 4.78 is 47.2. The summed E-state index contributed by atoms with van der Waals surface area (Å²) >= 11 is 0. The van der Waals surface area contributed by atoms with Crippen LogP contribution in [-0.4, -0.2) is 39.4 Å². The lowest BCUT2D eigenvalue weighted by atomic mass is 10.0. The number of benzene rings is 3. The van der Waals surface area contributed by atoms with Crippen molar-refractivity contribution >= 4 is 21.6 Å². The van der Waals surface area contributed by atoms with E-state index in [2.05, 4.69) is 0 Å². The van der Waals surface area contributed by atoms with Crippen LogP contribution >= 0.6 is 0 Å². The van der Waals surface area contributed by atoms with Crippen molar-refractivity contribution in [3.8, 4) is 5.75 Å². The molecule has 3 aromatic rings. The van der Waals surface area contributed by atoms with Crippen molar-refractivity contribution in [3.05, 3.63) is 90.2 Å². The highest BCUT2D eigenvalue weighted by Gasteiger charge is 2.34. The molecule has 1 fully saturated rings. The standard InChI is InChI=1S/C25H25FN2O4S/c1-32-22-12-14-23(15-13-22)33(30,31)28(21-10-5-9-20(26)17-21)18-25(29)27-16-6-11-24(27)19-7-3-2-4-8-19/h2-5,7-10,12-15,17,24H,6,11,16,18H2,1H3. The summed E-state index contributed by atoms with van der Waals surface area (Å²) in [5.41, 5.74) is 1.10. The topological polar surface area (TPSA) is 66.9 Å². The Morgan fingerprint density at radius 2 is 1.79 bits per heavy atom. The third-order valence-corrected chi connectivity index (χ3v) is 7.57. The first-order valence-corrected chi connectivity index (χ1v) is 12.1. The van der Waals surface area contributed by atoms with E-state index in [0.29, 0.717) is 12.3 Å². The zero-order valence-electron chi connectivity index (χ0n) is 18.2. The monoisotopic (exact) mass is 468 g/mol. The van der Waals surface area contributed by atoms with Crippen molar-refractivity contribution in [1.82, 2.24) is 4.90 Å².